The number of aromatic nitrogens is 2. The zero-order valence-corrected chi connectivity index (χ0v) is 10.7. The van der Waals surface area contributed by atoms with Crippen molar-refractivity contribution < 1.29 is 5.11 Å². The molecule has 0 saturated heterocycles. The minimum Gasteiger partial charge on any atom is -0.506 e. The molecule has 0 aliphatic carbocycles. The summed E-state index contributed by atoms with van der Waals surface area (Å²) in [7, 11) is 0. The van der Waals surface area contributed by atoms with Crippen LogP contribution in [0.25, 0.3) is 16.9 Å². The Morgan fingerprint density at radius 3 is 2.53 bits per heavy atom. The Bertz CT molecular complexity index is 707. The fourth-order valence-corrected chi connectivity index (χ4v) is 2.09. The van der Waals surface area contributed by atoms with Crippen LogP contribution in [0, 0.1) is 0 Å². The van der Waals surface area contributed by atoms with Crippen LogP contribution in [0.3, 0.4) is 0 Å². The molecule has 94 valence electrons. The van der Waals surface area contributed by atoms with Crippen molar-refractivity contribution in [3.63, 3.8) is 0 Å². The summed E-state index contributed by atoms with van der Waals surface area (Å²) >= 11 is 5.83. The van der Waals surface area contributed by atoms with Gasteiger partial charge in [-0.2, -0.15) is 5.10 Å². The monoisotopic (exact) mass is 270 g/mol. The second-order valence-corrected chi connectivity index (χ2v) is 4.54. The van der Waals surface area contributed by atoms with Crippen LogP contribution in [0.4, 0.5) is 0 Å². The molecule has 3 rings (SSSR count). The lowest BCUT2D eigenvalue weighted by molar-refractivity contribution is 0.476. The zero-order chi connectivity index (χ0) is 13.2. The van der Waals surface area contributed by atoms with E-state index in [1.54, 1.807) is 18.3 Å². The van der Waals surface area contributed by atoms with E-state index in [1.807, 2.05) is 47.1 Å². The predicted molar refractivity (Wildman–Crippen MR) is 75.7 cm³/mol. The lowest BCUT2D eigenvalue weighted by Gasteiger charge is -2.08. The number of benzene rings is 2. The van der Waals surface area contributed by atoms with Crippen LogP contribution in [0.15, 0.2) is 60.8 Å². The number of halogens is 1. The van der Waals surface area contributed by atoms with Crippen molar-refractivity contribution >= 4 is 11.6 Å². The molecule has 1 aromatic heterocycles. The molecular formula is C15H11ClN2O. The zero-order valence-electron chi connectivity index (χ0n) is 9.99. The summed E-state index contributed by atoms with van der Waals surface area (Å²) in [4.78, 5) is 0. The van der Waals surface area contributed by atoms with Gasteiger partial charge in [0.1, 0.15) is 5.75 Å². The van der Waals surface area contributed by atoms with Crippen molar-refractivity contribution in [1.29, 1.82) is 0 Å². The lowest BCUT2D eigenvalue weighted by Crippen LogP contribution is -1.98. The molecule has 1 N–H and O–H groups in total. The summed E-state index contributed by atoms with van der Waals surface area (Å²) in [6.07, 6.45) is 1.73. The van der Waals surface area contributed by atoms with E-state index in [1.165, 1.54) is 0 Å². The first kappa shape index (κ1) is 11.8. The van der Waals surface area contributed by atoms with E-state index in [9.17, 15) is 5.11 Å². The summed E-state index contributed by atoms with van der Waals surface area (Å²) in [5, 5.41) is 14.4. The van der Waals surface area contributed by atoms with Crippen LogP contribution < -0.4 is 0 Å². The fraction of sp³-hybridized carbons (Fsp3) is 0. The molecular weight excluding hydrogens is 260 g/mol. The fourth-order valence-electron chi connectivity index (χ4n) is 1.97. The van der Waals surface area contributed by atoms with E-state index in [-0.39, 0.29) is 5.75 Å². The highest BCUT2D eigenvalue weighted by Gasteiger charge is 2.09. The molecule has 19 heavy (non-hydrogen) atoms. The number of hydrogen-bond donors (Lipinski definition) is 1. The Morgan fingerprint density at radius 2 is 1.79 bits per heavy atom. The number of phenols is 1. The SMILES string of the molecule is Oc1cc(-c2ccnn2-c2ccccc2)ccc1Cl. The lowest BCUT2D eigenvalue weighted by atomic mass is 10.1. The molecule has 2 aromatic carbocycles. The van der Waals surface area contributed by atoms with Crippen molar-refractivity contribution in [3.8, 4) is 22.7 Å². The van der Waals surface area contributed by atoms with Gasteiger partial charge in [0, 0.05) is 5.56 Å². The highest BCUT2D eigenvalue weighted by atomic mass is 35.5. The Kier molecular flexibility index (Phi) is 2.97. The molecule has 0 spiro atoms. The van der Waals surface area contributed by atoms with Crippen LogP contribution >= 0.6 is 11.6 Å². The Labute approximate surface area is 115 Å². The molecule has 0 fully saturated rings. The Balaban J connectivity index is 2.12. The van der Waals surface area contributed by atoms with Crippen molar-refractivity contribution in [1.82, 2.24) is 9.78 Å². The van der Waals surface area contributed by atoms with Gasteiger partial charge in [-0.25, -0.2) is 4.68 Å². The third-order valence-corrected chi connectivity index (χ3v) is 3.21. The van der Waals surface area contributed by atoms with E-state index in [4.69, 9.17) is 11.6 Å². The quantitative estimate of drug-likeness (QED) is 0.767. The summed E-state index contributed by atoms with van der Waals surface area (Å²) in [6.45, 7) is 0. The van der Waals surface area contributed by atoms with Gasteiger partial charge in [0.2, 0.25) is 0 Å². The van der Waals surface area contributed by atoms with Crippen LogP contribution in [0.5, 0.6) is 5.75 Å². The van der Waals surface area contributed by atoms with Gasteiger partial charge in [0.15, 0.2) is 0 Å². The summed E-state index contributed by atoms with van der Waals surface area (Å²) in [5.74, 6) is 0.0694. The van der Waals surface area contributed by atoms with Crippen molar-refractivity contribution in [2.75, 3.05) is 0 Å². The minimum atomic E-state index is 0.0694. The molecule has 3 nitrogen and oxygen atoms in total. The van der Waals surface area contributed by atoms with Gasteiger partial charge in [-0.15, -0.1) is 0 Å². The smallest absolute Gasteiger partial charge is 0.134 e. The largest absolute Gasteiger partial charge is 0.506 e. The van der Waals surface area contributed by atoms with Gasteiger partial charge in [0.25, 0.3) is 0 Å². The molecule has 0 aliphatic rings. The molecule has 0 aliphatic heterocycles. The van der Waals surface area contributed by atoms with Crippen LogP contribution in [-0.4, -0.2) is 14.9 Å². The molecule has 4 heteroatoms. The highest BCUT2D eigenvalue weighted by Crippen LogP contribution is 2.30. The molecule has 1 heterocycles. The molecule has 3 aromatic rings. The molecule has 0 saturated carbocycles. The third-order valence-electron chi connectivity index (χ3n) is 2.89. The van der Waals surface area contributed by atoms with E-state index in [0.717, 1.165) is 16.9 Å². The van der Waals surface area contributed by atoms with Crippen molar-refractivity contribution in [3.05, 3.63) is 65.8 Å². The molecule has 0 radical (unpaired) electrons. The van der Waals surface area contributed by atoms with E-state index in [0.29, 0.717) is 5.02 Å². The molecule has 0 atom stereocenters. The summed E-state index contributed by atoms with van der Waals surface area (Å²) in [5.41, 5.74) is 2.73. The van der Waals surface area contributed by atoms with E-state index < -0.39 is 0 Å². The number of rotatable bonds is 2. The van der Waals surface area contributed by atoms with Crippen molar-refractivity contribution in [2.24, 2.45) is 0 Å². The second-order valence-electron chi connectivity index (χ2n) is 4.13. The number of aromatic hydroxyl groups is 1. The van der Waals surface area contributed by atoms with Gasteiger partial charge in [-0.3, -0.25) is 0 Å². The van der Waals surface area contributed by atoms with Gasteiger partial charge in [-0.1, -0.05) is 35.9 Å². The normalized spacial score (nSPS) is 10.6. The van der Waals surface area contributed by atoms with Crippen LogP contribution in [0.2, 0.25) is 5.02 Å². The van der Waals surface area contributed by atoms with E-state index in [2.05, 4.69) is 5.10 Å². The standard InChI is InChI=1S/C15H11ClN2O/c16-13-7-6-11(10-15(13)19)14-8-9-17-18(14)12-4-2-1-3-5-12/h1-10,19H. The molecule has 0 unspecified atom stereocenters. The highest BCUT2D eigenvalue weighted by molar-refractivity contribution is 6.32. The van der Waals surface area contributed by atoms with Crippen molar-refractivity contribution in [2.45, 2.75) is 0 Å². The number of phenolic OH excluding ortho intramolecular Hbond substituents is 1. The average molecular weight is 271 g/mol. The Hall–Kier alpha value is -2.26. The third kappa shape index (κ3) is 2.20. The first-order chi connectivity index (χ1) is 9.25. The van der Waals surface area contributed by atoms with Gasteiger partial charge < -0.3 is 5.11 Å². The van der Waals surface area contributed by atoms with Crippen LogP contribution in [0.1, 0.15) is 0 Å². The summed E-state index contributed by atoms with van der Waals surface area (Å²) < 4.78 is 1.82. The van der Waals surface area contributed by atoms with Gasteiger partial charge in [0.05, 0.1) is 22.6 Å². The first-order valence-corrected chi connectivity index (χ1v) is 6.22. The van der Waals surface area contributed by atoms with Gasteiger partial charge >= 0.3 is 0 Å². The van der Waals surface area contributed by atoms with Gasteiger partial charge in [-0.05, 0) is 30.3 Å². The summed E-state index contributed by atoms with van der Waals surface area (Å²) in [6, 6.07) is 16.9. The number of para-hydroxylation sites is 1. The molecule has 0 amide bonds. The van der Waals surface area contributed by atoms with E-state index >= 15 is 0 Å². The second kappa shape index (κ2) is 4.78. The number of nitrogens with zero attached hydrogens (tertiary/aromatic N) is 2. The average Bonchev–Trinajstić information content (AvgIpc) is 2.92. The van der Waals surface area contributed by atoms with Crippen LogP contribution in [-0.2, 0) is 0 Å². The predicted octanol–water partition coefficient (Wildman–Crippen LogP) is 3.90. The number of hydrogen-bond acceptors (Lipinski definition) is 2. The molecule has 0 bridgehead atoms. The maximum absolute atomic E-state index is 9.70. The minimum absolute atomic E-state index is 0.0694. The maximum atomic E-state index is 9.70. The first-order valence-electron chi connectivity index (χ1n) is 5.84. The maximum Gasteiger partial charge on any atom is 0.134 e. The topological polar surface area (TPSA) is 38.1 Å². The Morgan fingerprint density at radius 1 is 1.00 bits per heavy atom.